The first-order valence-corrected chi connectivity index (χ1v) is 30.4. The molecule has 0 saturated heterocycles. The largest absolute Gasteiger partial charge is 0.255 e. The van der Waals surface area contributed by atoms with Crippen LogP contribution in [0.4, 0.5) is 0 Å². The van der Waals surface area contributed by atoms with Gasteiger partial charge in [-0.2, -0.15) is 0 Å². The minimum Gasteiger partial charge on any atom is -0.255 e. The Morgan fingerprint density at radius 3 is 1.54 bits per heavy atom. The molecule has 4 heteroatoms. The molecule has 0 bridgehead atoms. The van der Waals surface area contributed by atoms with Crippen LogP contribution >= 0.6 is 0 Å². The average molecular weight is 1040 g/mol. The van der Waals surface area contributed by atoms with Crippen molar-refractivity contribution >= 4 is 10.8 Å². The monoisotopic (exact) mass is 1040 g/mol. The van der Waals surface area contributed by atoms with Crippen molar-refractivity contribution in [3.05, 3.63) is 204 Å². The third-order valence-electron chi connectivity index (χ3n) is 16.9. The molecule has 79 heavy (non-hydrogen) atoms. The topological polar surface area (TPSA) is 51.6 Å². The van der Waals surface area contributed by atoms with Crippen molar-refractivity contribution in [3.63, 3.8) is 0 Å². The summed E-state index contributed by atoms with van der Waals surface area (Å²) >= 11 is 0. The van der Waals surface area contributed by atoms with Crippen molar-refractivity contribution in [2.75, 3.05) is 0 Å². The number of hydrogen-bond donors (Lipinski definition) is 0. The normalized spacial score (nSPS) is 12.7. The van der Waals surface area contributed by atoms with Gasteiger partial charge >= 0.3 is 0 Å². The molecule has 0 spiro atoms. The smallest absolute Gasteiger partial charge is 0.165 e. The lowest BCUT2D eigenvalue weighted by Crippen LogP contribution is -2.25. The maximum absolute atomic E-state index is 5.24. The SMILES string of the molecule is CCCCCCCCC1(CCCCCCCC)c2cc(-c3ccc4ccccc4c3)ccc2-c2ccc(-c3ccc(-c4nc(-c5cccc(-c6cccc(CCCCCCc7ccccc7)c6)c5)nc(C(C)(C)C)n4)cn3)cc21. The Labute approximate surface area is 473 Å². The fourth-order valence-corrected chi connectivity index (χ4v) is 12.3. The molecule has 2 heterocycles. The fraction of sp³-hybridized carbons (Fsp3) is 0.360. The number of unbranched alkanes of at least 4 members (excludes halogenated alkanes) is 13. The first-order valence-electron chi connectivity index (χ1n) is 30.4. The lowest BCUT2D eigenvalue weighted by molar-refractivity contribution is 0.398. The van der Waals surface area contributed by atoms with E-state index in [-0.39, 0.29) is 10.8 Å². The molecule has 0 atom stereocenters. The van der Waals surface area contributed by atoms with Crippen molar-refractivity contribution in [1.82, 2.24) is 19.9 Å². The average Bonchev–Trinajstić information content (AvgIpc) is 3.78. The van der Waals surface area contributed by atoms with Crippen molar-refractivity contribution in [2.24, 2.45) is 0 Å². The standard InChI is InChI=1S/C75H84N4/c1-6-8-10-12-16-25-47-75(48-26-17-13-11-9-7-2)68-52-62(61-40-39-57-34-23-24-35-59(57)50-61)41-44-66(68)67-45-42-63(53-69(67)75)70-46-43-65(54-76-70)72-77-71(78-73(79-72)74(3,4)5)64-38-28-37-60(51-64)58-36-27-33-56(49-58)32-20-15-14-19-29-55-30-21-18-22-31-55/h18,21-24,27-28,30-31,33-46,49-54H,6-17,19-20,25-26,29,32,47-48H2,1-5H3. The second-order valence-electron chi connectivity index (χ2n) is 23.9. The minimum atomic E-state index is -0.289. The van der Waals surface area contributed by atoms with Crippen LogP contribution in [0, 0.1) is 0 Å². The Hall–Kier alpha value is -7.04. The van der Waals surface area contributed by atoms with Gasteiger partial charge in [-0.25, -0.2) is 15.0 Å². The van der Waals surface area contributed by atoms with Crippen LogP contribution in [-0.2, 0) is 23.7 Å². The Bertz CT molecular complexity index is 3400. The molecule has 2 aromatic heterocycles. The van der Waals surface area contributed by atoms with Crippen molar-refractivity contribution < 1.29 is 0 Å². The number of aryl methyl sites for hydroxylation is 2. The van der Waals surface area contributed by atoms with E-state index in [9.17, 15) is 0 Å². The van der Waals surface area contributed by atoms with E-state index in [0.29, 0.717) is 11.6 Å². The first kappa shape index (κ1) is 55.3. The van der Waals surface area contributed by atoms with Gasteiger partial charge in [-0.3, -0.25) is 4.98 Å². The Morgan fingerprint density at radius 2 is 0.873 bits per heavy atom. The van der Waals surface area contributed by atoms with E-state index < -0.39 is 0 Å². The Balaban J connectivity index is 0.927. The maximum Gasteiger partial charge on any atom is 0.165 e. The zero-order valence-corrected chi connectivity index (χ0v) is 48.2. The van der Waals surface area contributed by atoms with Gasteiger partial charge in [-0.15, -0.1) is 0 Å². The summed E-state index contributed by atoms with van der Waals surface area (Å²) < 4.78 is 0. The highest BCUT2D eigenvalue weighted by molar-refractivity contribution is 5.90. The lowest BCUT2D eigenvalue weighted by Gasteiger charge is -2.33. The number of fused-ring (bicyclic) bond motifs is 4. The van der Waals surface area contributed by atoms with Crippen LogP contribution in [0.3, 0.4) is 0 Å². The first-order chi connectivity index (χ1) is 38.7. The van der Waals surface area contributed by atoms with Crippen molar-refractivity contribution in [2.45, 2.75) is 174 Å². The molecule has 10 rings (SSSR count). The molecular formula is C75H84N4. The van der Waals surface area contributed by atoms with E-state index >= 15 is 0 Å². The molecule has 0 radical (unpaired) electrons. The molecule has 0 fully saturated rings. The third kappa shape index (κ3) is 13.5. The zero-order chi connectivity index (χ0) is 54.4. The molecule has 4 nitrogen and oxygen atoms in total. The number of pyridine rings is 1. The molecule has 0 aliphatic heterocycles. The van der Waals surface area contributed by atoms with E-state index in [4.69, 9.17) is 19.9 Å². The molecule has 404 valence electrons. The predicted octanol–water partition coefficient (Wildman–Crippen LogP) is 21.2. The summed E-state index contributed by atoms with van der Waals surface area (Å²) in [5.41, 5.74) is 17.2. The van der Waals surface area contributed by atoms with Gasteiger partial charge < -0.3 is 0 Å². The van der Waals surface area contributed by atoms with Gasteiger partial charge in [0.25, 0.3) is 0 Å². The molecule has 1 aliphatic rings. The summed E-state index contributed by atoms with van der Waals surface area (Å²) in [5.74, 6) is 2.09. The highest BCUT2D eigenvalue weighted by atomic mass is 15.0. The zero-order valence-electron chi connectivity index (χ0n) is 48.2. The second kappa shape index (κ2) is 26.3. The molecule has 1 aliphatic carbocycles. The molecular weight excluding hydrogens is 957 g/mol. The van der Waals surface area contributed by atoms with E-state index in [1.54, 1.807) is 0 Å². The van der Waals surface area contributed by atoms with Crippen LogP contribution < -0.4 is 0 Å². The summed E-state index contributed by atoms with van der Waals surface area (Å²) in [5, 5.41) is 2.57. The van der Waals surface area contributed by atoms with Gasteiger partial charge in [0.1, 0.15) is 5.82 Å². The van der Waals surface area contributed by atoms with Crippen molar-refractivity contribution in [3.8, 4) is 67.4 Å². The molecule has 0 N–H and O–H groups in total. The van der Waals surface area contributed by atoms with Gasteiger partial charge in [0.2, 0.25) is 0 Å². The van der Waals surface area contributed by atoms with Gasteiger partial charge in [0, 0.05) is 33.7 Å². The summed E-state index contributed by atoms with van der Waals surface area (Å²) in [7, 11) is 0. The second-order valence-corrected chi connectivity index (χ2v) is 23.9. The summed E-state index contributed by atoms with van der Waals surface area (Å²) in [6.45, 7) is 11.2. The van der Waals surface area contributed by atoms with E-state index in [1.165, 1.54) is 169 Å². The number of nitrogens with zero attached hydrogens (tertiary/aromatic N) is 4. The number of rotatable bonds is 26. The van der Waals surface area contributed by atoms with Crippen molar-refractivity contribution in [1.29, 1.82) is 0 Å². The Kier molecular flexibility index (Phi) is 18.4. The van der Waals surface area contributed by atoms with Crippen LogP contribution in [0.5, 0.6) is 0 Å². The quantitative estimate of drug-likeness (QED) is 0.0507. The molecule has 0 amide bonds. The molecule has 0 saturated carbocycles. The predicted molar refractivity (Wildman–Crippen MR) is 336 cm³/mol. The number of benzene rings is 7. The van der Waals surface area contributed by atoms with Gasteiger partial charge in [-0.05, 0) is 141 Å². The van der Waals surface area contributed by atoms with Crippen LogP contribution in [0.25, 0.3) is 78.2 Å². The van der Waals surface area contributed by atoms with E-state index in [2.05, 4.69) is 204 Å². The lowest BCUT2D eigenvalue weighted by atomic mass is 9.70. The number of hydrogen-bond acceptors (Lipinski definition) is 4. The van der Waals surface area contributed by atoms with E-state index in [0.717, 1.165) is 53.9 Å². The molecule has 9 aromatic rings. The summed E-state index contributed by atoms with van der Waals surface area (Å²) in [6.07, 6.45) is 27.0. The van der Waals surface area contributed by atoms with E-state index in [1.807, 2.05) is 6.20 Å². The highest BCUT2D eigenvalue weighted by Gasteiger charge is 2.43. The van der Waals surface area contributed by atoms with Crippen LogP contribution in [0.1, 0.15) is 178 Å². The van der Waals surface area contributed by atoms with Crippen LogP contribution in [0.2, 0.25) is 0 Å². The number of aromatic nitrogens is 4. The minimum absolute atomic E-state index is 0.0729. The maximum atomic E-state index is 5.24. The van der Waals surface area contributed by atoms with Gasteiger partial charge in [-0.1, -0.05) is 258 Å². The van der Waals surface area contributed by atoms with Crippen LogP contribution in [-0.4, -0.2) is 19.9 Å². The highest BCUT2D eigenvalue weighted by Crippen LogP contribution is 2.56. The summed E-state index contributed by atoms with van der Waals surface area (Å²) in [6, 6.07) is 63.4. The van der Waals surface area contributed by atoms with Gasteiger partial charge in [0.15, 0.2) is 11.6 Å². The third-order valence-corrected chi connectivity index (χ3v) is 16.9. The fourth-order valence-electron chi connectivity index (χ4n) is 12.3. The van der Waals surface area contributed by atoms with Crippen LogP contribution in [0.15, 0.2) is 176 Å². The van der Waals surface area contributed by atoms with Gasteiger partial charge in [0.05, 0.1) is 5.69 Å². The summed E-state index contributed by atoms with van der Waals surface area (Å²) in [4.78, 5) is 20.7. The molecule has 0 unspecified atom stereocenters. The molecule has 7 aromatic carbocycles. The Morgan fingerprint density at radius 1 is 0.367 bits per heavy atom.